The van der Waals surface area contributed by atoms with Gasteiger partial charge in [-0.05, 0) is 12.1 Å². The maximum Gasteiger partial charge on any atom is 0.316 e. The van der Waals surface area contributed by atoms with E-state index in [0.29, 0.717) is 13.2 Å². The Morgan fingerprint density at radius 1 is 1.44 bits per heavy atom. The predicted molar refractivity (Wildman–Crippen MR) is 59.9 cm³/mol. The van der Waals surface area contributed by atoms with Crippen molar-refractivity contribution in [3.05, 3.63) is 30.3 Å². The highest BCUT2D eigenvalue weighted by atomic mass is 16.5. The molecule has 0 bridgehead atoms. The number of esters is 1. The Hall–Kier alpha value is -1.68. The van der Waals surface area contributed by atoms with Gasteiger partial charge in [-0.3, -0.25) is 9.79 Å². The van der Waals surface area contributed by atoms with Crippen molar-refractivity contribution in [2.45, 2.75) is 0 Å². The van der Waals surface area contributed by atoms with Crippen LogP contribution in [0.3, 0.4) is 0 Å². The normalized spacial score (nSPS) is 22.3. The lowest BCUT2D eigenvalue weighted by Gasteiger charge is -2.06. The van der Waals surface area contributed by atoms with E-state index in [1.165, 1.54) is 7.11 Å². The van der Waals surface area contributed by atoms with Gasteiger partial charge in [0.05, 0.1) is 31.7 Å². The van der Waals surface area contributed by atoms with Gasteiger partial charge in [-0.25, -0.2) is 0 Å². The molecule has 1 atom stereocenters. The maximum atomic E-state index is 11.4. The minimum Gasteiger partial charge on any atom is -0.468 e. The van der Waals surface area contributed by atoms with Crippen molar-refractivity contribution in [2.24, 2.45) is 10.9 Å². The lowest BCUT2D eigenvalue weighted by Crippen LogP contribution is -2.23. The van der Waals surface area contributed by atoms with Crippen LogP contribution >= 0.6 is 0 Å². The summed E-state index contributed by atoms with van der Waals surface area (Å²) in [5, 5.41) is 0. The lowest BCUT2D eigenvalue weighted by atomic mass is 10.1. The van der Waals surface area contributed by atoms with E-state index in [0.717, 1.165) is 11.4 Å². The van der Waals surface area contributed by atoms with Crippen molar-refractivity contribution in [2.75, 3.05) is 20.3 Å². The highest BCUT2D eigenvalue weighted by Gasteiger charge is 2.31. The lowest BCUT2D eigenvalue weighted by molar-refractivity contribution is -0.143. The van der Waals surface area contributed by atoms with E-state index in [9.17, 15) is 4.79 Å². The Morgan fingerprint density at radius 3 is 2.88 bits per heavy atom. The quantitative estimate of drug-likeness (QED) is 0.709. The van der Waals surface area contributed by atoms with Crippen molar-refractivity contribution in [1.29, 1.82) is 0 Å². The van der Waals surface area contributed by atoms with Crippen molar-refractivity contribution in [3.8, 4) is 0 Å². The molecule has 0 spiro atoms. The summed E-state index contributed by atoms with van der Waals surface area (Å²) in [4.78, 5) is 15.8. The summed E-state index contributed by atoms with van der Waals surface area (Å²) in [6.45, 7) is 0.757. The van der Waals surface area contributed by atoms with Crippen LogP contribution < -0.4 is 0 Å². The molecule has 1 aliphatic heterocycles. The number of methoxy groups -OCH3 is 1. The molecule has 4 nitrogen and oxygen atoms in total. The third-order valence-corrected chi connectivity index (χ3v) is 2.45. The third-order valence-electron chi connectivity index (χ3n) is 2.45. The zero-order valence-corrected chi connectivity index (χ0v) is 9.05. The molecule has 0 aliphatic carbocycles. The molecule has 1 aromatic rings. The second-order valence-corrected chi connectivity index (χ2v) is 3.53. The SMILES string of the molecule is COC(=O)C1COCC1=Nc1ccccc1. The average Bonchev–Trinajstić information content (AvgIpc) is 2.77. The zero-order chi connectivity index (χ0) is 11.4. The highest BCUT2D eigenvalue weighted by molar-refractivity contribution is 6.05. The van der Waals surface area contributed by atoms with Crippen LogP contribution in [0, 0.1) is 5.92 Å². The van der Waals surface area contributed by atoms with Crippen LogP contribution in [-0.2, 0) is 14.3 Å². The van der Waals surface area contributed by atoms with Crippen molar-refractivity contribution in [3.63, 3.8) is 0 Å². The number of carbonyl (C=O) groups is 1. The van der Waals surface area contributed by atoms with E-state index in [-0.39, 0.29) is 11.9 Å². The zero-order valence-electron chi connectivity index (χ0n) is 9.05. The van der Waals surface area contributed by atoms with Crippen molar-refractivity contribution < 1.29 is 14.3 Å². The van der Waals surface area contributed by atoms with Crippen LogP contribution in [0.5, 0.6) is 0 Å². The topological polar surface area (TPSA) is 47.9 Å². The summed E-state index contributed by atoms with van der Waals surface area (Å²) in [6, 6.07) is 9.51. The first-order valence-electron chi connectivity index (χ1n) is 5.09. The van der Waals surface area contributed by atoms with Gasteiger partial charge in [0.15, 0.2) is 0 Å². The molecule has 0 aromatic heterocycles. The third kappa shape index (κ3) is 2.28. The van der Waals surface area contributed by atoms with E-state index in [2.05, 4.69) is 4.99 Å². The monoisotopic (exact) mass is 219 g/mol. The van der Waals surface area contributed by atoms with Crippen LogP contribution in [0.4, 0.5) is 5.69 Å². The van der Waals surface area contributed by atoms with Crippen molar-refractivity contribution in [1.82, 2.24) is 0 Å². The smallest absolute Gasteiger partial charge is 0.316 e. The van der Waals surface area contributed by atoms with E-state index in [4.69, 9.17) is 9.47 Å². The molecular formula is C12H13NO3. The van der Waals surface area contributed by atoms with Gasteiger partial charge < -0.3 is 9.47 Å². The molecule has 1 heterocycles. The van der Waals surface area contributed by atoms with Crippen molar-refractivity contribution >= 4 is 17.4 Å². The highest BCUT2D eigenvalue weighted by Crippen LogP contribution is 2.18. The number of carbonyl (C=O) groups excluding carboxylic acids is 1. The molecule has 1 fully saturated rings. The predicted octanol–water partition coefficient (Wildman–Crippen LogP) is 1.58. The van der Waals surface area contributed by atoms with E-state index >= 15 is 0 Å². The number of nitrogens with zero attached hydrogens (tertiary/aromatic N) is 1. The number of para-hydroxylation sites is 1. The molecule has 1 aliphatic rings. The molecule has 16 heavy (non-hydrogen) atoms. The van der Waals surface area contributed by atoms with Crippen LogP contribution in [-0.4, -0.2) is 32.0 Å². The van der Waals surface area contributed by atoms with Gasteiger partial charge in [0.25, 0.3) is 0 Å². The molecule has 84 valence electrons. The first-order chi connectivity index (χ1) is 7.81. The number of hydrogen-bond acceptors (Lipinski definition) is 4. The standard InChI is InChI=1S/C12H13NO3/c1-15-12(14)10-7-16-8-11(10)13-9-5-3-2-4-6-9/h2-6,10H,7-8H2,1H3. The molecule has 0 N–H and O–H groups in total. The summed E-state index contributed by atoms with van der Waals surface area (Å²) in [6.07, 6.45) is 0. The summed E-state index contributed by atoms with van der Waals surface area (Å²) in [7, 11) is 1.38. The van der Waals surface area contributed by atoms with Gasteiger partial charge >= 0.3 is 5.97 Å². The molecule has 0 saturated carbocycles. The van der Waals surface area contributed by atoms with E-state index in [1.807, 2.05) is 30.3 Å². The minimum atomic E-state index is -0.356. The van der Waals surface area contributed by atoms with Gasteiger partial charge in [-0.2, -0.15) is 0 Å². The van der Waals surface area contributed by atoms with Gasteiger partial charge in [0.2, 0.25) is 0 Å². The fraction of sp³-hybridized carbons (Fsp3) is 0.333. The summed E-state index contributed by atoms with van der Waals surface area (Å²) in [5.41, 5.74) is 1.56. The molecule has 1 aromatic carbocycles. The molecule has 2 rings (SSSR count). The molecule has 1 unspecified atom stereocenters. The average molecular weight is 219 g/mol. The number of rotatable bonds is 2. The molecule has 4 heteroatoms. The first kappa shape index (κ1) is 10.8. The Kier molecular flexibility index (Phi) is 3.31. The second-order valence-electron chi connectivity index (χ2n) is 3.53. The first-order valence-corrected chi connectivity index (χ1v) is 5.09. The van der Waals surface area contributed by atoms with Crippen LogP contribution in [0.1, 0.15) is 0 Å². The molecule has 0 amide bonds. The summed E-state index contributed by atoms with van der Waals surface area (Å²) in [5.74, 6) is -0.641. The van der Waals surface area contributed by atoms with Gasteiger partial charge in [-0.15, -0.1) is 0 Å². The second kappa shape index (κ2) is 4.90. The number of ether oxygens (including phenoxy) is 2. The fourth-order valence-electron chi connectivity index (χ4n) is 1.60. The molecule has 0 radical (unpaired) electrons. The molecule has 1 saturated heterocycles. The Bertz CT molecular complexity index is 400. The number of hydrogen-bond donors (Lipinski definition) is 0. The Balaban J connectivity index is 2.20. The minimum absolute atomic E-state index is 0.285. The van der Waals surface area contributed by atoms with Crippen LogP contribution in [0.25, 0.3) is 0 Å². The Labute approximate surface area is 93.9 Å². The molecular weight excluding hydrogens is 206 g/mol. The summed E-state index contributed by atoms with van der Waals surface area (Å²) >= 11 is 0. The van der Waals surface area contributed by atoms with Gasteiger partial charge in [-0.1, -0.05) is 18.2 Å². The van der Waals surface area contributed by atoms with E-state index < -0.39 is 0 Å². The fourth-order valence-corrected chi connectivity index (χ4v) is 1.60. The maximum absolute atomic E-state index is 11.4. The van der Waals surface area contributed by atoms with Gasteiger partial charge in [0.1, 0.15) is 5.92 Å². The van der Waals surface area contributed by atoms with Crippen LogP contribution in [0.2, 0.25) is 0 Å². The summed E-state index contributed by atoms with van der Waals surface area (Å²) < 4.78 is 9.94. The van der Waals surface area contributed by atoms with E-state index in [1.54, 1.807) is 0 Å². The van der Waals surface area contributed by atoms with Gasteiger partial charge in [0, 0.05) is 0 Å². The van der Waals surface area contributed by atoms with Crippen LogP contribution in [0.15, 0.2) is 35.3 Å². The largest absolute Gasteiger partial charge is 0.468 e. The number of benzene rings is 1. The number of aliphatic imine (C=N–C) groups is 1. The Morgan fingerprint density at radius 2 is 2.19 bits per heavy atom.